The Balaban J connectivity index is 0.000000438. The van der Waals surface area contributed by atoms with E-state index in [1.165, 1.54) is 24.3 Å². The standard InChI is InChI=1S/C17H18BrFN2O3.C13H9BrF2N2O2.C3H9NO.CH4/c1-3-24-17(22)15-11(5-4-8-23-2)10-20-16(21-15)13-9-12(18)6-7-14(13)19;1-2-20-13(19)11-10(16)6-17-12(18-11)8-5-7(14)3-4-9(8)15;1-5-3-2-4;/h6-7,9-10H,3-5,8H2,1-2H3;3-6H,2H2,1H3;2-4H2,1H3;1H4. The second-order valence-electron chi connectivity index (χ2n) is 9.52. The van der Waals surface area contributed by atoms with E-state index in [0.29, 0.717) is 40.7 Å². The number of aromatic nitrogens is 4. The maximum Gasteiger partial charge on any atom is 0.360 e. The molecule has 0 aliphatic rings. The van der Waals surface area contributed by atoms with Crippen molar-refractivity contribution in [1.82, 2.24) is 19.9 Å². The first-order valence-corrected chi connectivity index (χ1v) is 16.4. The van der Waals surface area contributed by atoms with Crippen LogP contribution in [0, 0.1) is 17.5 Å². The molecule has 2 aromatic heterocycles. The number of carbonyl (C=O) groups excluding carboxylic acids is 2. The van der Waals surface area contributed by atoms with Crippen molar-refractivity contribution < 1.29 is 41.7 Å². The molecule has 0 aliphatic heterocycles. The molecule has 0 saturated carbocycles. The summed E-state index contributed by atoms with van der Waals surface area (Å²) >= 11 is 6.49. The van der Waals surface area contributed by atoms with E-state index in [-0.39, 0.29) is 49.1 Å². The monoisotopic (exact) mass is 829 g/mol. The summed E-state index contributed by atoms with van der Waals surface area (Å²) in [5.74, 6) is -3.34. The highest BCUT2D eigenvalue weighted by Crippen LogP contribution is 2.26. The van der Waals surface area contributed by atoms with Crippen molar-refractivity contribution in [3.05, 3.63) is 92.1 Å². The van der Waals surface area contributed by atoms with Gasteiger partial charge in [-0.3, -0.25) is 0 Å². The third-order valence-corrected chi connectivity index (χ3v) is 6.99. The number of nitrogens with two attached hydrogens (primary N) is 1. The fourth-order valence-electron chi connectivity index (χ4n) is 3.80. The van der Waals surface area contributed by atoms with E-state index in [0.717, 1.165) is 12.6 Å². The number of methoxy groups -OCH3 is 2. The van der Waals surface area contributed by atoms with Gasteiger partial charge in [-0.25, -0.2) is 42.7 Å². The molecule has 2 heterocycles. The molecular weight excluding hydrogens is 791 g/mol. The maximum absolute atomic E-state index is 14.1. The lowest BCUT2D eigenvalue weighted by Crippen LogP contribution is -2.13. The van der Waals surface area contributed by atoms with Crippen LogP contribution in [-0.2, 0) is 25.4 Å². The van der Waals surface area contributed by atoms with Gasteiger partial charge in [0.2, 0.25) is 0 Å². The second kappa shape index (κ2) is 23.6. The molecule has 0 amide bonds. The molecule has 16 heteroatoms. The molecule has 0 saturated heterocycles. The first-order chi connectivity index (χ1) is 23.5. The minimum Gasteiger partial charge on any atom is -0.461 e. The van der Waals surface area contributed by atoms with Gasteiger partial charge in [-0.05, 0) is 63.1 Å². The molecule has 0 bridgehead atoms. The van der Waals surface area contributed by atoms with E-state index in [4.69, 9.17) is 15.2 Å². The Kier molecular flexibility index (Phi) is 20.8. The number of carbonyl (C=O) groups is 2. The van der Waals surface area contributed by atoms with Crippen molar-refractivity contribution in [2.75, 3.05) is 47.2 Å². The molecule has 2 aromatic carbocycles. The van der Waals surface area contributed by atoms with Crippen molar-refractivity contribution >= 4 is 43.8 Å². The minimum atomic E-state index is -0.914. The van der Waals surface area contributed by atoms with Crippen molar-refractivity contribution in [1.29, 1.82) is 0 Å². The van der Waals surface area contributed by atoms with Gasteiger partial charge in [0.05, 0.1) is 37.1 Å². The number of hydrogen-bond donors (Lipinski definition) is 1. The summed E-state index contributed by atoms with van der Waals surface area (Å²) < 4.78 is 61.9. The molecular formula is C34H40Br2F3N5O6. The Morgan fingerprint density at radius 3 is 1.68 bits per heavy atom. The molecule has 0 atom stereocenters. The molecule has 0 spiro atoms. The van der Waals surface area contributed by atoms with E-state index >= 15 is 0 Å². The summed E-state index contributed by atoms with van der Waals surface area (Å²) in [6.45, 7) is 5.48. The van der Waals surface area contributed by atoms with Crippen LogP contribution in [0.1, 0.15) is 54.2 Å². The highest BCUT2D eigenvalue weighted by Gasteiger charge is 2.20. The maximum atomic E-state index is 14.1. The van der Waals surface area contributed by atoms with Gasteiger partial charge in [-0.15, -0.1) is 0 Å². The summed E-state index contributed by atoms with van der Waals surface area (Å²) in [7, 11) is 3.24. The lowest BCUT2D eigenvalue weighted by Gasteiger charge is -2.10. The summed E-state index contributed by atoms with van der Waals surface area (Å²) in [5.41, 5.74) is 5.60. The van der Waals surface area contributed by atoms with Gasteiger partial charge in [-0.2, -0.15) is 0 Å². The lowest BCUT2D eigenvalue weighted by molar-refractivity contribution is 0.0505. The van der Waals surface area contributed by atoms with Crippen LogP contribution in [0.4, 0.5) is 13.2 Å². The lowest BCUT2D eigenvalue weighted by atomic mass is 10.1. The van der Waals surface area contributed by atoms with Crippen LogP contribution in [0.5, 0.6) is 0 Å². The Morgan fingerprint density at radius 1 is 0.740 bits per heavy atom. The Labute approximate surface area is 306 Å². The second-order valence-corrected chi connectivity index (χ2v) is 11.4. The number of halogens is 5. The molecule has 0 aliphatic carbocycles. The van der Waals surface area contributed by atoms with Crippen molar-refractivity contribution in [3.8, 4) is 22.8 Å². The molecule has 4 aromatic rings. The van der Waals surface area contributed by atoms with Gasteiger partial charge in [0.1, 0.15) is 11.6 Å². The van der Waals surface area contributed by atoms with Crippen LogP contribution in [0.3, 0.4) is 0 Å². The summed E-state index contributed by atoms with van der Waals surface area (Å²) in [4.78, 5) is 39.6. The number of nitrogens with zero attached hydrogens (tertiary/aromatic N) is 4. The van der Waals surface area contributed by atoms with Crippen LogP contribution in [0.15, 0.2) is 57.7 Å². The van der Waals surface area contributed by atoms with Crippen molar-refractivity contribution in [2.24, 2.45) is 5.73 Å². The number of esters is 2. The van der Waals surface area contributed by atoms with E-state index in [2.05, 4.69) is 61.3 Å². The quantitative estimate of drug-likeness (QED) is 0.113. The molecule has 0 fully saturated rings. The summed E-state index contributed by atoms with van der Waals surface area (Å²) in [6, 6.07) is 8.65. The molecule has 2 N–H and O–H groups in total. The number of hydrogen-bond acceptors (Lipinski definition) is 11. The zero-order valence-corrected chi connectivity index (χ0v) is 30.4. The highest BCUT2D eigenvalue weighted by molar-refractivity contribution is 9.10. The van der Waals surface area contributed by atoms with Crippen molar-refractivity contribution in [2.45, 2.75) is 34.1 Å². The third-order valence-electron chi connectivity index (χ3n) is 6.00. The van der Waals surface area contributed by atoms with Crippen LogP contribution in [0.25, 0.3) is 22.8 Å². The number of benzene rings is 2. The van der Waals surface area contributed by atoms with E-state index in [9.17, 15) is 22.8 Å². The SMILES string of the molecule is C.CCOC(=O)c1nc(-c2cc(Br)ccc2F)ncc1CCCOC.CCOC(=O)c1nc(-c2cc(Br)ccc2F)ncc1F.COCCN. The normalized spacial score (nSPS) is 10.1. The van der Waals surface area contributed by atoms with Crippen LogP contribution < -0.4 is 5.73 Å². The zero-order chi connectivity index (χ0) is 36.3. The van der Waals surface area contributed by atoms with Crippen LogP contribution in [0.2, 0.25) is 0 Å². The van der Waals surface area contributed by atoms with Gasteiger partial charge in [-0.1, -0.05) is 39.3 Å². The summed E-state index contributed by atoms with van der Waals surface area (Å²) in [6.07, 6.45) is 3.65. The minimum absolute atomic E-state index is 0. The van der Waals surface area contributed by atoms with E-state index in [1.807, 2.05) is 0 Å². The molecule has 11 nitrogen and oxygen atoms in total. The van der Waals surface area contributed by atoms with Gasteiger partial charge < -0.3 is 24.7 Å². The largest absolute Gasteiger partial charge is 0.461 e. The molecule has 4 rings (SSSR count). The first kappa shape index (κ1) is 44.2. The Morgan fingerprint density at radius 2 is 1.22 bits per heavy atom. The van der Waals surface area contributed by atoms with Gasteiger partial charge in [0.15, 0.2) is 28.9 Å². The first-order valence-electron chi connectivity index (χ1n) is 14.8. The van der Waals surface area contributed by atoms with Crippen molar-refractivity contribution in [3.63, 3.8) is 0 Å². The molecule has 272 valence electrons. The van der Waals surface area contributed by atoms with Gasteiger partial charge >= 0.3 is 11.9 Å². The average molecular weight is 832 g/mol. The van der Waals surface area contributed by atoms with Crippen LogP contribution >= 0.6 is 31.9 Å². The fourth-order valence-corrected chi connectivity index (χ4v) is 4.52. The topological polar surface area (TPSA) is 149 Å². The predicted octanol–water partition coefficient (Wildman–Crippen LogP) is 7.39. The molecule has 50 heavy (non-hydrogen) atoms. The predicted molar refractivity (Wildman–Crippen MR) is 190 cm³/mol. The van der Waals surface area contributed by atoms with E-state index in [1.54, 1.807) is 46.4 Å². The molecule has 0 radical (unpaired) electrons. The summed E-state index contributed by atoms with van der Waals surface area (Å²) in [5, 5.41) is 0. The van der Waals surface area contributed by atoms with Gasteiger partial charge in [0.25, 0.3) is 0 Å². The Bertz CT molecular complexity index is 1680. The van der Waals surface area contributed by atoms with E-state index < -0.39 is 35.1 Å². The number of aryl methyl sites for hydroxylation is 1. The number of rotatable bonds is 12. The number of ether oxygens (including phenoxy) is 4. The smallest absolute Gasteiger partial charge is 0.360 e. The Hall–Kier alpha value is -3.83. The zero-order valence-electron chi connectivity index (χ0n) is 27.3. The fraction of sp³-hybridized carbons (Fsp3) is 0.353. The van der Waals surface area contributed by atoms with Crippen LogP contribution in [-0.4, -0.2) is 79.1 Å². The highest BCUT2D eigenvalue weighted by atomic mass is 79.9. The molecule has 0 unspecified atom stereocenters. The average Bonchev–Trinajstić information content (AvgIpc) is 3.08. The van der Waals surface area contributed by atoms with Gasteiger partial charge in [0, 0.05) is 48.1 Å². The third kappa shape index (κ3) is 13.8.